The molecule has 1 fully saturated rings. The first kappa shape index (κ1) is 16.6. The highest BCUT2D eigenvalue weighted by molar-refractivity contribution is 7.79. The molecule has 0 saturated heterocycles. The number of rotatable bonds is 6. The van der Waals surface area contributed by atoms with E-state index in [1.807, 2.05) is 14.1 Å². The van der Waals surface area contributed by atoms with Crippen LogP contribution in [0.25, 0.3) is 0 Å². The molecule has 2 N–H and O–H groups in total. The van der Waals surface area contributed by atoms with Crippen LogP contribution in [0.1, 0.15) is 33.1 Å². The van der Waals surface area contributed by atoms with Crippen LogP contribution in [0.4, 0.5) is 0 Å². The van der Waals surface area contributed by atoms with Gasteiger partial charge in [-0.3, -0.25) is 4.79 Å². The van der Waals surface area contributed by atoms with Crippen molar-refractivity contribution in [1.29, 1.82) is 0 Å². The molecule has 0 aromatic rings. The second-order valence-corrected chi connectivity index (χ2v) is 7.75. The molecule has 0 radical (unpaired) electrons. The van der Waals surface area contributed by atoms with Crippen molar-refractivity contribution in [3.05, 3.63) is 0 Å². The van der Waals surface area contributed by atoms with E-state index < -0.39 is 11.1 Å². The second-order valence-electron chi connectivity index (χ2n) is 6.53. The monoisotopic (exact) mass is 290 g/mol. The second kappa shape index (κ2) is 6.81. The Morgan fingerprint density at radius 1 is 1.42 bits per heavy atom. The molecule has 0 bridgehead atoms. The molecule has 1 aliphatic carbocycles. The summed E-state index contributed by atoms with van der Waals surface area (Å²) in [6.45, 7) is 5.77. The predicted molar refractivity (Wildman–Crippen MR) is 77.2 cm³/mol. The van der Waals surface area contributed by atoms with Gasteiger partial charge in [-0.05, 0) is 38.8 Å². The fraction of sp³-hybridized carbons (Fsp3) is 0.923. The molecule has 0 spiro atoms. The van der Waals surface area contributed by atoms with E-state index in [1.165, 1.54) is 0 Å². The number of amides is 1. The molecule has 0 aromatic heterocycles. The van der Waals surface area contributed by atoms with Crippen molar-refractivity contribution in [2.45, 2.75) is 38.4 Å². The Labute approximate surface area is 118 Å². The lowest BCUT2D eigenvalue weighted by Gasteiger charge is -2.29. The lowest BCUT2D eigenvalue weighted by Crippen LogP contribution is -2.41. The Morgan fingerprint density at radius 3 is 2.53 bits per heavy atom. The SMILES string of the molecule is CN(C)CC(C)(C)CNC(=O)C1CCC(S(=O)O)C1. The first-order chi connectivity index (χ1) is 8.71. The number of nitrogens with zero attached hydrogens (tertiary/aromatic N) is 1. The van der Waals surface area contributed by atoms with Crippen molar-refractivity contribution >= 4 is 17.0 Å². The van der Waals surface area contributed by atoms with Crippen LogP contribution >= 0.6 is 0 Å². The summed E-state index contributed by atoms with van der Waals surface area (Å²) in [4.78, 5) is 14.1. The maximum Gasteiger partial charge on any atom is 0.223 e. The van der Waals surface area contributed by atoms with Gasteiger partial charge in [0.15, 0.2) is 11.1 Å². The van der Waals surface area contributed by atoms with Gasteiger partial charge in [0.25, 0.3) is 0 Å². The maximum atomic E-state index is 12.0. The first-order valence-corrected chi connectivity index (χ1v) is 7.90. The Kier molecular flexibility index (Phi) is 5.95. The largest absolute Gasteiger partial charge is 0.355 e. The normalized spacial score (nSPS) is 25.6. The van der Waals surface area contributed by atoms with Crippen molar-refractivity contribution in [3.63, 3.8) is 0 Å². The zero-order valence-electron chi connectivity index (χ0n) is 12.3. The molecule has 1 saturated carbocycles. The lowest BCUT2D eigenvalue weighted by atomic mass is 9.92. The summed E-state index contributed by atoms with van der Waals surface area (Å²) < 4.78 is 20.0. The van der Waals surface area contributed by atoms with Gasteiger partial charge in [-0.15, -0.1) is 0 Å². The van der Waals surface area contributed by atoms with Gasteiger partial charge < -0.3 is 14.8 Å². The maximum absolute atomic E-state index is 12.0. The number of hydrogen-bond donors (Lipinski definition) is 2. The molecule has 1 aliphatic rings. The van der Waals surface area contributed by atoms with Crippen molar-refractivity contribution in [3.8, 4) is 0 Å². The highest BCUT2D eigenvalue weighted by Gasteiger charge is 2.33. The van der Waals surface area contributed by atoms with Crippen molar-refractivity contribution in [1.82, 2.24) is 10.2 Å². The van der Waals surface area contributed by atoms with E-state index in [-0.39, 0.29) is 22.5 Å². The van der Waals surface area contributed by atoms with Crippen molar-refractivity contribution in [2.75, 3.05) is 27.2 Å². The third kappa shape index (κ3) is 5.58. The number of carbonyl (C=O) groups is 1. The van der Waals surface area contributed by atoms with Gasteiger partial charge in [0.2, 0.25) is 5.91 Å². The summed E-state index contributed by atoms with van der Waals surface area (Å²) in [5.74, 6) is -0.0731. The minimum Gasteiger partial charge on any atom is -0.355 e. The minimum atomic E-state index is -1.79. The van der Waals surface area contributed by atoms with Crippen LogP contribution in [0.15, 0.2) is 0 Å². The van der Waals surface area contributed by atoms with Gasteiger partial charge in [0, 0.05) is 19.0 Å². The Bertz CT molecular complexity index is 345. The molecule has 5 nitrogen and oxygen atoms in total. The Morgan fingerprint density at radius 2 is 2.05 bits per heavy atom. The highest BCUT2D eigenvalue weighted by Crippen LogP contribution is 2.29. The first-order valence-electron chi connectivity index (χ1n) is 6.73. The summed E-state index contributed by atoms with van der Waals surface area (Å²) in [6.07, 6.45) is 1.92. The molecule has 0 aromatic carbocycles. The molecule has 1 amide bonds. The van der Waals surface area contributed by atoms with Crippen LogP contribution in [0.2, 0.25) is 0 Å². The third-order valence-electron chi connectivity index (χ3n) is 3.53. The zero-order valence-corrected chi connectivity index (χ0v) is 13.1. The van der Waals surface area contributed by atoms with E-state index in [1.54, 1.807) is 0 Å². The Balaban J connectivity index is 2.38. The van der Waals surface area contributed by atoms with E-state index in [0.29, 0.717) is 19.4 Å². The number of hydrogen-bond acceptors (Lipinski definition) is 3. The van der Waals surface area contributed by atoms with Gasteiger partial charge >= 0.3 is 0 Å². The average Bonchev–Trinajstić information content (AvgIpc) is 2.73. The summed E-state index contributed by atoms with van der Waals surface area (Å²) in [5.41, 5.74) is 0.0248. The molecule has 0 heterocycles. The molecule has 3 unspecified atom stereocenters. The van der Waals surface area contributed by atoms with E-state index in [9.17, 15) is 9.00 Å². The summed E-state index contributed by atoms with van der Waals surface area (Å²) >= 11 is -1.79. The highest BCUT2D eigenvalue weighted by atomic mass is 32.2. The molecule has 0 aliphatic heterocycles. The summed E-state index contributed by atoms with van der Waals surface area (Å²) in [6, 6.07) is 0. The number of carbonyl (C=O) groups excluding carboxylic acids is 1. The van der Waals surface area contributed by atoms with Crippen LogP contribution in [-0.4, -0.2) is 52.0 Å². The van der Waals surface area contributed by atoms with Crippen LogP contribution in [0, 0.1) is 11.3 Å². The smallest absolute Gasteiger partial charge is 0.223 e. The van der Waals surface area contributed by atoms with Crippen LogP contribution in [0.5, 0.6) is 0 Å². The van der Waals surface area contributed by atoms with Gasteiger partial charge in [-0.25, -0.2) is 4.21 Å². The fourth-order valence-corrected chi connectivity index (χ4v) is 3.48. The fourth-order valence-electron chi connectivity index (χ4n) is 2.74. The number of nitrogens with one attached hydrogen (secondary N) is 1. The van der Waals surface area contributed by atoms with E-state index in [0.717, 1.165) is 13.0 Å². The van der Waals surface area contributed by atoms with Gasteiger partial charge in [-0.1, -0.05) is 13.8 Å². The molecule has 6 heteroatoms. The zero-order chi connectivity index (χ0) is 14.6. The van der Waals surface area contributed by atoms with E-state index in [4.69, 9.17) is 4.55 Å². The van der Waals surface area contributed by atoms with Crippen molar-refractivity contribution in [2.24, 2.45) is 11.3 Å². The predicted octanol–water partition coefficient (Wildman–Crippen LogP) is 1.08. The van der Waals surface area contributed by atoms with E-state index in [2.05, 4.69) is 24.1 Å². The van der Waals surface area contributed by atoms with E-state index >= 15 is 0 Å². The quantitative estimate of drug-likeness (QED) is 0.718. The molecule has 1 rings (SSSR count). The molecule has 3 atom stereocenters. The van der Waals surface area contributed by atoms with Crippen molar-refractivity contribution < 1.29 is 13.6 Å². The van der Waals surface area contributed by atoms with Crippen LogP contribution in [-0.2, 0) is 15.9 Å². The topological polar surface area (TPSA) is 69.6 Å². The molecule has 19 heavy (non-hydrogen) atoms. The van der Waals surface area contributed by atoms with Crippen LogP contribution in [0.3, 0.4) is 0 Å². The van der Waals surface area contributed by atoms with Gasteiger partial charge in [-0.2, -0.15) is 0 Å². The van der Waals surface area contributed by atoms with Gasteiger partial charge in [0.1, 0.15) is 0 Å². The molecule has 112 valence electrons. The lowest BCUT2D eigenvalue weighted by molar-refractivity contribution is -0.125. The molecular formula is C13H26N2O3S. The standard InChI is InChI=1S/C13H26N2O3S/c1-13(2,9-15(3)4)8-14-12(16)10-5-6-11(7-10)19(17)18/h10-11H,5-9H2,1-4H3,(H,14,16)(H,17,18). The Hall–Kier alpha value is -0.460. The third-order valence-corrected chi connectivity index (χ3v) is 4.52. The average molecular weight is 290 g/mol. The summed E-state index contributed by atoms with van der Waals surface area (Å²) in [5, 5.41) is 2.75. The minimum absolute atomic E-state index is 0.0248. The summed E-state index contributed by atoms with van der Waals surface area (Å²) in [7, 11) is 4.03. The van der Waals surface area contributed by atoms with Crippen LogP contribution < -0.4 is 5.32 Å². The molecular weight excluding hydrogens is 264 g/mol. The van der Waals surface area contributed by atoms with Gasteiger partial charge in [0.05, 0.1) is 5.25 Å².